The fourth-order valence-electron chi connectivity index (χ4n) is 6.02. The van der Waals surface area contributed by atoms with Crippen molar-refractivity contribution >= 4 is 29.4 Å². The van der Waals surface area contributed by atoms with Crippen molar-refractivity contribution in [1.82, 2.24) is 19.8 Å². The molecule has 8 nitrogen and oxygen atoms in total. The number of ether oxygens (including phenoxy) is 1. The number of hydrogen-bond donors (Lipinski definition) is 1. The van der Waals surface area contributed by atoms with E-state index in [9.17, 15) is 14.0 Å². The van der Waals surface area contributed by atoms with Gasteiger partial charge in [-0.25, -0.2) is 14.2 Å². The first-order chi connectivity index (χ1) is 18.9. The van der Waals surface area contributed by atoms with Gasteiger partial charge in [0.1, 0.15) is 17.5 Å². The Kier molecular flexibility index (Phi) is 7.14. The Hall–Kier alpha value is -3.27. The number of carbonyl (C=O) groups is 2. The summed E-state index contributed by atoms with van der Waals surface area (Å²) in [4.78, 5) is 32.5. The Bertz CT molecular complexity index is 1410. The van der Waals surface area contributed by atoms with Gasteiger partial charge in [-0.15, -0.1) is 0 Å². The summed E-state index contributed by atoms with van der Waals surface area (Å²) < 4.78 is 22.0. The van der Waals surface area contributed by atoms with Gasteiger partial charge in [-0.2, -0.15) is 0 Å². The maximum absolute atomic E-state index is 14.1. The summed E-state index contributed by atoms with van der Waals surface area (Å²) in [5, 5.41) is 2.78. The number of imide groups is 1. The van der Waals surface area contributed by atoms with E-state index >= 15 is 0 Å². The minimum Gasteiger partial charge on any atom is -0.373 e. The molecule has 3 aliphatic rings. The lowest BCUT2D eigenvalue weighted by atomic mass is 10.1. The lowest BCUT2D eigenvalue weighted by Gasteiger charge is -2.26. The molecule has 0 spiro atoms. The Morgan fingerprint density at radius 2 is 2.00 bits per heavy atom. The number of anilines is 1. The largest absolute Gasteiger partial charge is 0.373 e. The number of benzene rings is 2. The normalized spacial score (nSPS) is 21.5. The van der Waals surface area contributed by atoms with Crippen molar-refractivity contribution in [2.45, 2.75) is 51.5 Å². The number of amides is 3. The number of imidazole rings is 1. The standard InChI is InChI=1S/C29H31ClFN5O3/c1-34-27(36-10-9-26(37)33-29(36)38)13-32-28(34)19-6-7-20-15-35(16-21(20)12-19)14-18-5-8-22(11-18)39-17-23-24(30)3-2-4-25(23)31/h2-4,6-7,12-13,18,22H,5,8-11,14-17H2,1H3,(H,33,37,38)/t18-,22+/m0/s1. The van der Waals surface area contributed by atoms with Gasteiger partial charge in [0, 0.05) is 55.8 Å². The number of hydrogen-bond acceptors (Lipinski definition) is 5. The molecule has 0 radical (unpaired) electrons. The van der Waals surface area contributed by atoms with Crippen molar-refractivity contribution in [3.05, 3.63) is 70.1 Å². The van der Waals surface area contributed by atoms with Crippen LogP contribution >= 0.6 is 11.6 Å². The number of nitrogens with zero attached hydrogens (tertiary/aromatic N) is 4. The Labute approximate surface area is 231 Å². The highest BCUT2D eigenvalue weighted by Gasteiger charge is 2.30. The van der Waals surface area contributed by atoms with Gasteiger partial charge in [0.15, 0.2) is 0 Å². The molecule has 0 bridgehead atoms. The second-order valence-corrected chi connectivity index (χ2v) is 11.1. The monoisotopic (exact) mass is 551 g/mol. The smallest absolute Gasteiger partial charge is 0.329 e. The van der Waals surface area contributed by atoms with Crippen LogP contribution in [-0.4, -0.2) is 45.6 Å². The van der Waals surface area contributed by atoms with Crippen molar-refractivity contribution in [2.24, 2.45) is 13.0 Å². The van der Waals surface area contributed by atoms with Crippen LogP contribution in [0.5, 0.6) is 0 Å². The Morgan fingerprint density at radius 1 is 1.15 bits per heavy atom. The summed E-state index contributed by atoms with van der Waals surface area (Å²) in [6.45, 7) is 3.34. The summed E-state index contributed by atoms with van der Waals surface area (Å²) in [5.74, 6) is 1.41. The molecule has 1 aromatic heterocycles. The first kappa shape index (κ1) is 26.0. The summed E-state index contributed by atoms with van der Waals surface area (Å²) in [6, 6.07) is 10.8. The van der Waals surface area contributed by atoms with E-state index in [-0.39, 0.29) is 30.9 Å². The maximum Gasteiger partial charge on any atom is 0.329 e. The predicted octanol–water partition coefficient (Wildman–Crippen LogP) is 5.03. The van der Waals surface area contributed by atoms with Gasteiger partial charge in [0.05, 0.1) is 18.9 Å². The lowest BCUT2D eigenvalue weighted by Crippen LogP contribution is -2.50. The van der Waals surface area contributed by atoms with Crippen LogP contribution in [0.15, 0.2) is 42.6 Å². The van der Waals surface area contributed by atoms with E-state index in [2.05, 4.69) is 33.4 Å². The minimum absolute atomic E-state index is 0.125. The quantitative estimate of drug-likeness (QED) is 0.446. The molecule has 0 unspecified atom stereocenters. The summed E-state index contributed by atoms with van der Waals surface area (Å²) in [6.07, 6.45) is 5.12. The highest BCUT2D eigenvalue weighted by Crippen LogP contribution is 2.34. The molecule has 1 saturated heterocycles. The number of fused-ring (bicyclic) bond motifs is 1. The van der Waals surface area contributed by atoms with Crippen LogP contribution in [0, 0.1) is 11.7 Å². The van der Waals surface area contributed by atoms with Crippen LogP contribution in [0.25, 0.3) is 11.4 Å². The fraction of sp³-hybridized carbons (Fsp3) is 0.414. The molecule has 204 valence electrons. The van der Waals surface area contributed by atoms with Crippen LogP contribution < -0.4 is 10.2 Å². The zero-order valence-corrected chi connectivity index (χ0v) is 22.6. The van der Waals surface area contributed by atoms with E-state index < -0.39 is 6.03 Å². The van der Waals surface area contributed by atoms with Gasteiger partial charge < -0.3 is 9.30 Å². The topological polar surface area (TPSA) is 79.7 Å². The highest BCUT2D eigenvalue weighted by molar-refractivity contribution is 6.31. The van der Waals surface area contributed by atoms with Crippen molar-refractivity contribution in [1.29, 1.82) is 0 Å². The molecule has 2 aromatic carbocycles. The molecule has 10 heteroatoms. The van der Waals surface area contributed by atoms with Crippen molar-refractivity contribution in [3.8, 4) is 11.4 Å². The lowest BCUT2D eigenvalue weighted by molar-refractivity contribution is -0.120. The van der Waals surface area contributed by atoms with Crippen LogP contribution in [0.4, 0.5) is 15.0 Å². The molecular formula is C29H31ClFN5O3. The molecule has 6 rings (SSSR count). The van der Waals surface area contributed by atoms with Gasteiger partial charge >= 0.3 is 6.03 Å². The molecule has 3 heterocycles. The maximum atomic E-state index is 14.1. The van der Waals surface area contributed by atoms with E-state index in [0.717, 1.165) is 50.3 Å². The average molecular weight is 552 g/mol. The Balaban J connectivity index is 1.06. The molecule has 2 fully saturated rings. The summed E-state index contributed by atoms with van der Waals surface area (Å²) in [7, 11) is 1.89. The number of aromatic nitrogens is 2. The van der Waals surface area contributed by atoms with Crippen LogP contribution in [0.2, 0.25) is 5.02 Å². The molecule has 1 aliphatic carbocycles. The average Bonchev–Trinajstić information content (AvgIpc) is 3.62. The summed E-state index contributed by atoms with van der Waals surface area (Å²) >= 11 is 6.15. The zero-order valence-electron chi connectivity index (χ0n) is 21.8. The van der Waals surface area contributed by atoms with Crippen molar-refractivity contribution in [2.75, 3.05) is 18.0 Å². The first-order valence-corrected chi connectivity index (χ1v) is 13.8. The van der Waals surface area contributed by atoms with Crippen LogP contribution in [0.1, 0.15) is 42.4 Å². The second kappa shape index (κ2) is 10.7. The third-order valence-electron chi connectivity index (χ3n) is 8.08. The van der Waals surface area contributed by atoms with Gasteiger partial charge in [-0.3, -0.25) is 19.9 Å². The van der Waals surface area contributed by atoms with Crippen LogP contribution in [0.3, 0.4) is 0 Å². The van der Waals surface area contributed by atoms with Gasteiger partial charge in [0.25, 0.3) is 0 Å². The highest BCUT2D eigenvalue weighted by atomic mass is 35.5. The number of rotatable bonds is 7. The molecule has 1 N–H and O–H groups in total. The van der Waals surface area contributed by atoms with Crippen molar-refractivity contribution < 1.29 is 18.7 Å². The van der Waals surface area contributed by atoms with Gasteiger partial charge in [0.2, 0.25) is 5.91 Å². The molecule has 3 amide bonds. The molecule has 2 aliphatic heterocycles. The number of nitrogens with one attached hydrogen (secondary N) is 1. The number of halogens is 2. The van der Waals surface area contributed by atoms with Gasteiger partial charge in [-0.1, -0.05) is 29.8 Å². The fourth-order valence-corrected chi connectivity index (χ4v) is 6.24. The second-order valence-electron chi connectivity index (χ2n) is 10.7. The van der Waals surface area contributed by atoms with E-state index in [0.29, 0.717) is 28.9 Å². The van der Waals surface area contributed by atoms with E-state index in [4.69, 9.17) is 16.3 Å². The summed E-state index contributed by atoms with van der Waals surface area (Å²) in [5.41, 5.74) is 4.04. The van der Waals surface area contributed by atoms with E-state index in [1.54, 1.807) is 23.2 Å². The van der Waals surface area contributed by atoms with Gasteiger partial charge in [-0.05, 0) is 54.5 Å². The number of carbonyl (C=O) groups excluding carboxylic acids is 2. The van der Waals surface area contributed by atoms with Crippen LogP contribution in [-0.2, 0) is 36.3 Å². The zero-order chi connectivity index (χ0) is 27.1. The number of urea groups is 1. The molecular weight excluding hydrogens is 521 g/mol. The molecule has 2 atom stereocenters. The third kappa shape index (κ3) is 5.31. The van der Waals surface area contributed by atoms with E-state index in [1.807, 2.05) is 11.6 Å². The SMILES string of the molecule is Cn1c(N2CCC(=O)NC2=O)cnc1-c1ccc2c(c1)CN(C[C@H]1CC[C@@H](OCc3c(F)cccc3Cl)C1)C2. The van der Waals surface area contributed by atoms with Crippen molar-refractivity contribution in [3.63, 3.8) is 0 Å². The van der Waals surface area contributed by atoms with E-state index in [1.165, 1.54) is 17.2 Å². The predicted molar refractivity (Wildman–Crippen MR) is 146 cm³/mol. The third-order valence-corrected chi connectivity index (χ3v) is 8.44. The first-order valence-electron chi connectivity index (χ1n) is 13.4. The molecule has 39 heavy (non-hydrogen) atoms. The molecule has 3 aromatic rings. The molecule has 1 saturated carbocycles. The Morgan fingerprint density at radius 3 is 2.82 bits per heavy atom. The minimum atomic E-state index is -0.416.